The largest absolute Gasteiger partial charge is 0.465 e. The Morgan fingerprint density at radius 3 is 2.62 bits per heavy atom. The van der Waals surface area contributed by atoms with Crippen molar-refractivity contribution in [3.63, 3.8) is 0 Å². The van der Waals surface area contributed by atoms with Crippen LogP contribution in [-0.2, 0) is 27.8 Å². The van der Waals surface area contributed by atoms with Gasteiger partial charge in [-0.25, -0.2) is 4.98 Å². The molecule has 10 heteroatoms. The van der Waals surface area contributed by atoms with Crippen molar-refractivity contribution in [1.82, 2.24) is 14.9 Å². The highest BCUT2D eigenvalue weighted by Gasteiger charge is 2.19. The summed E-state index contributed by atoms with van der Waals surface area (Å²) in [6, 6.07) is 5.12. The zero-order valence-corrected chi connectivity index (χ0v) is 18.2. The van der Waals surface area contributed by atoms with Crippen LogP contribution >= 0.6 is 23.2 Å². The predicted molar refractivity (Wildman–Crippen MR) is 116 cm³/mol. The molecule has 0 spiro atoms. The van der Waals surface area contributed by atoms with Crippen molar-refractivity contribution in [2.45, 2.75) is 19.4 Å². The summed E-state index contributed by atoms with van der Waals surface area (Å²) in [5.41, 5.74) is 8.72. The molecule has 0 aliphatic heterocycles. The number of hydrogen-bond acceptors (Lipinski definition) is 6. The molecule has 0 aliphatic carbocycles. The fourth-order valence-electron chi connectivity index (χ4n) is 2.98. The van der Waals surface area contributed by atoms with Gasteiger partial charge in [-0.15, -0.1) is 23.2 Å². The molecule has 0 saturated carbocycles. The summed E-state index contributed by atoms with van der Waals surface area (Å²) < 4.78 is 6.69. The highest BCUT2D eigenvalue weighted by atomic mass is 35.5. The molecule has 3 N–H and O–H groups in total. The van der Waals surface area contributed by atoms with Crippen LogP contribution in [0.25, 0.3) is 11.0 Å². The first-order chi connectivity index (χ1) is 13.9. The number of aromatic nitrogens is 2. The maximum absolute atomic E-state index is 12.2. The minimum absolute atomic E-state index is 0.205. The number of hydrogen-bond donors (Lipinski definition) is 2. The van der Waals surface area contributed by atoms with Crippen LogP contribution in [0.1, 0.15) is 12.7 Å². The third-order valence-electron chi connectivity index (χ3n) is 4.48. The Kier molecular flexibility index (Phi) is 9.00. The summed E-state index contributed by atoms with van der Waals surface area (Å²) in [6.07, 6.45) is 0.238. The molecule has 2 aromatic rings. The minimum atomic E-state index is -0.830. The van der Waals surface area contributed by atoms with Gasteiger partial charge in [0, 0.05) is 44.0 Å². The number of nitrogens with two attached hydrogens (primary N) is 1. The van der Waals surface area contributed by atoms with Gasteiger partial charge in [0.15, 0.2) is 0 Å². The molecule has 0 fully saturated rings. The summed E-state index contributed by atoms with van der Waals surface area (Å²) in [5, 5.41) is 2.49. The van der Waals surface area contributed by atoms with Gasteiger partial charge >= 0.3 is 5.97 Å². The molecule has 0 radical (unpaired) electrons. The van der Waals surface area contributed by atoms with Crippen LogP contribution < -0.4 is 16.0 Å². The molecule has 160 valence electrons. The van der Waals surface area contributed by atoms with Crippen molar-refractivity contribution in [2.24, 2.45) is 12.8 Å². The van der Waals surface area contributed by atoms with E-state index in [-0.39, 0.29) is 19.6 Å². The molecule has 1 amide bonds. The van der Waals surface area contributed by atoms with Gasteiger partial charge in [0.05, 0.1) is 23.7 Å². The lowest BCUT2D eigenvalue weighted by Crippen LogP contribution is -2.44. The topological polar surface area (TPSA) is 102 Å². The fourth-order valence-corrected chi connectivity index (χ4v) is 3.39. The maximum Gasteiger partial charge on any atom is 0.325 e. The number of carbonyl (C=O) groups is 2. The molecule has 0 aliphatic rings. The zero-order valence-electron chi connectivity index (χ0n) is 16.7. The molecule has 29 heavy (non-hydrogen) atoms. The first-order valence-corrected chi connectivity index (χ1v) is 10.5. The second kappa shape index (κ2) is 11.2. The number of benzene rings is 1. The summed E-state index contributed by atoms with van der Waals surface area (Å²) in [7, 11) is 1.88. The van der Waals surface area contributed by atoms with Crippen molar-refractivity contribution in [2.75, 3.05) is 42.9 Å². The van der Waals surface area contributed by atoms with E-state index in [2.05, 4.69) is 15.2 Å². The lowest BCUT2D eigenvalue weighted by Gasteiger charge is -2.22. The van der Waals surface area contributed by atoms with Crippen LogP contribution in [0.15, 0.2) is 18.2 Å². The van der Waals surface area contributed by atoms with Crippen LogP contribution in [0.5, 0.6) is 0 Å². The van der Waals surface area contributed by atoms with E-state index < -0.39 is 17.9 Å². The highest BCUT2D eigenvalue weighted by Crippen LogP contribution is 2.23. The van der Waals surface area contributed by atoms with E-state index >= 15 is 0 Å². The molecule has 2 rings (SSSR count). The number of alkyl halides is 2. The SMILES string of the molecule is CCOC(=O)CNC(=O)C(N)Cc1nc2cc(N(CCCl)CCCl)ccc2n1C. The van der Waals surface area contributed by atoms with Crippen molar-refractivity contribution in [1.29, 1.82) is 0 Å². The molecular formula is C19H27Cl2N5O3. The van der Waals surface area contributed by atoms with Crippen molar-refractivity contribution < 1.29 is 14.3 Å². The lowest BCUT2D eigenvalue weighted by molar-refractivity contribution is -0.143. The minimum Gasteiger partial charge on any atom is -0.465 e. The first kappa shape index (κ1) is 23.3. The second-order valence-electron chi connectivity index (χ2n) is 6.46. The monoisotopic (exact) mass is 443 g/mol. The van der Waals surface area contributed by atoms with E-state index in [9.17, 15) is 9.59 Å². The summed E-state index contributed by atoms with van der Waals surface area (Å²) >= 11 is 11.8. The van der Waals surface area contributed by atoms with Crippen molar-refractivity contribution >= 4 is 51.8 Å². The predicted octanol–water partition coefficient (Wildman–Crippen LogP) is 1.41. The van der Waals surface area contributed by atoms with E-state index in [1.807, 2.05) is 29.8 Å². The standard InChI is InChI=1S/C19H27Cl2N5O3/c1-3-29-18(27)12-23-19(28)14(22)11-17-24-15-10-13(4-5-16(15)25(17)2)26(8-6-20)9-7-21/h4-5,10,14H,3,6-9,11-12,22H2,1-2H3,(H,23,28). The average molecular weight is 444 g/mol. The Balaban J connectivity index is 2.12. The molecule has 1 aromatic carbocycles. The Morgan fingerprint density at radius 2 is 2.00 bits per heavy atom. The average Bonchev–Trinajstić information content (AvgIpc) is 3.01. The number of esters is 1. The number of carbonyl (C=O) groups excluding carboxylic acids is 2. The molecule has 0 bridgehead atoms. The summed E-state index contributed by atoms with van der Waals surface area (Å²) in [5.74, 6) is 0.746. The number of fused-ring (bicyclic) bond motifs is 1. The smallest absolute Gasteiger partial charge is 0.325 e. The number of anilines is 1. The third-order valence-corrected chi connectivity index (χ3v) is 4.82. The normalized spacial score (nSPS) is 12.0. The Morgan fingerprint density at radius 1 is 1.31 bits per heavy atom. The number of imidazole rings is 1. The molecule has 1 aromatic heterocycles. The van der Waals surface area contributed by atoms with Crippen LogP contribution in [0.3, 0.4) is 0 Å². The molecule has 1 unspecified atom stereocenters. The number of ether oxygens (including phenoxy) is 1. The number of rotatable bonds is 11. The van der Waals surface area contributed by atoms with Gasteiger partial charge in [0.1, 0.15) is 12.4 Å². The van der Waals surface area contributed by atoms with Crippen molar-refractivity contribution in [3.05, 3.63) is 24.0 Å². The van der Waals surface area contributed by atoms with Gasteiger partial charge in [-0.1, -0.05) is 0 Å². The van der Waals surface area contributed by atoms with E-state index in [1.54, 1.807) is 6.92 Å². The van der Waals surface area contributed by atoms with E-state index in [4.69, 9.17) is 33.7 Å². The van der Waals surface area contributed by atoms with Crippen LogP contribution in [0, 0.1) is 0 Å². The number of halogens is 2. The van der Waals surface area contributed by atoms with Gasteiger partial charge in [-0.2, -0.15) is 0 Å². The number of nitrogens with one attached hydrogen (secondary N) is 1. The van der Waals surface area contributed by atoms with E-state index in [0.717, 1.165) is 16.7 Å². The maximum atomic E-state index is 12.2. The highest BCUT2D eigenvalue weighted by molar-refractivity contribution is 6.18. The quantitative estimate of drug-likeness (QED) is 0.401. The summed E-state index contributed by atoms with van der Waals surface area (Å²) in [6.45, 7) is 3.13. The molecule has 1 atom stereocenters. The third kappa shape index (κ3) is 6.22. The Hall–Kier alpha value is -2.03. The van der Waals surface area contributed by atoms with Gasteiger partial charge in [-0.05, 0) is 25.1 Å². The number of amides is 1. The number of nitrogens with zero attached hydrogens (tertiary/aromatic N) is 3. The molecular weight excluding hydrogens is 417 g/mol. The number of aryl methyl sites for hydroxylation is 1. The van der Waals surface area contributed by atoms with Crippen molar-refractivity contribution in [3.8, 4) is 0 Å². The van der Waals surface area contributed by atoms with Gasteiger partial charge in [-0.3, -0.25) is 9.59 Å². The fraction of sp³-hybridized carbons (Fsp3) is 0.526. The van der Waals surface area contributed by atoms with Gasteiger partial charge < -0.3 is 25.3 Å². The lowest BCUT2D eigenvalue weighted by atomic mass is 10.2. The van der Waals surface area contributed by atoms with E-state index in [0.29, 0.717) is 30.7 Å². The van der Waals surface area contributed by atoms with Crippen LogP contribution in [0.4, 0.5) is 5.69 Å². The zero-order chi connectivity index (χ0) is 21.4. The van der Waals surface area contributed by atoms with Gasteiger partial charge in [0.25, 0.3) is 0 Å². The molecule has 8 nitrogen and oxygen atoms in total. The van der Waals surface area contributed by atoms with Crippen LogP contribution in [0.2, 0.25) is 0 Å². The molecule has 0 saturated heterocycles. The van der Waals surface area contributed by atoms with Crippen LogP contribution in [-0.4, -0.2) is 65.5 Å². The summed E-state index contributed by atoms with van der Waals surface area (Å²) in [4.78, 5) is 30.3. The Bertz CT molecular complexity index is 837. The Labute approximate surface area is 180 Å². The van der Waals surface area contributed by atoms with Gasteiger partial charge in [0.2, 0.25) is 5.91 Å². The second-order valence-corrected chi connectivity index (χ2v) is 7.21. The van der Waals surface area contributed by atoms with E-state index in [1.165, 1.54) is 0 Å². The first-order valence-electron chi connectivity index (χ1n) is 9.42. The molecule has 1 heterocycles.